The van der Waals surface area contributed by atoms with E-state index in [9.17, 15) is 4.79 Å². The average molecular weight is 225 g/mol. The lowest BCUT2D eigenvalue weighted by Crippen LogP contribution is -2.38. The van der Waals surface area contributed by atoms with Crippen molar-refractivity contribution in [2.45, 2.75) is 32.9 Å². The number of rotatable bonds is 6. The molecule has 1 N–H and O–H groups in total. The Morgan fingerprint density at radius 3 is 2.69 bits per heavy atom. The Labute approximate surface area is 95.9 Å². The fraction of sp³-hybridized carbons (Fsp3) is 0.583. The van der Waals surface area contributed by atoms with E-state index in [4.69, 9.17) is 9.52 Å². The second-order valence-corrected chi connectivity index (χ2v) is 4.48. The third-order valence-corrected chi connectivity index (χ3v) is 2.50. The summed E-state index contributed by atoms with van der Waals surface area (Å²) in [5.41, 5.74) is 0. The SMILES string of the molecule is CC(C)CC(C(=O)O)N(C)Cc1ccco1. The van der Waals surface area contributed by atoms with E-state index in [0.717, 1.165) is 5.76 Å². The van der Waals surface area contributed by atoms with Gasteiger partial charge in [0.2, 0.25) is 0 Å². The summed E-state index contributed by atoms with van der Waals surface area (Å²) < 4.78 is 5.20. The molecule has 0 saturated carbocycles. The van der Waals surface area contributed by atoms with Gasteiger partial charge < -0.3 is 9.52 Å². The van der Waals surface area contributed by atoms with Gasteiger partial charge in [-0.05, 0) is 31.5 Å². The summed E-state index contributed by atoms with van der Waals surface area (Å²) in [5, 5.41) is 9.15. The summed E-state index contributed by atoms with van der Waals surface area (Å²) in [7, 11) is 1.81. The highest BCUT2D eigenvalue weighted by Gasteiger charge is 2.24. The molecule has 0 saturated heterocycles. The number of aliphatic carboxylic acids is 1. The Bertz CT molecular complexity index is 319. The Morgan fingerprint density at radius 2 is 2.25 bits per heavy atom. The molecule has 0 fully saturated rings. The molecule has 1 atom stereocenters. The van der Waals surface area contributed by atoms with E-state index < -0.39 is 12.0 Å². The minimum atomic E-state index is -0.775. The van der Waals surface area contributed by atoms with Gasteiger partial charge in [0.15, 0.2) is 0 Å². The van der Waals surface area contributed by atoms with Crippen molar-refractivity contribution in [3.63, 3.8) is 0 Å². The van der Waals surface area contributed by atoms with Crippen LogP contribution in [-0.2, 0) is 11.3 Å². The van der Waals surface area contributed by atoms with Crippen LogP contribution in [0, 0.1) is 5.92 Å². The van der Waals surface area contributed by atoms with Crippen molar-refractivity contribution in [1.82, 2.24) is 4.90 Å². The van der Waals surface area contributed by atoms with Gasteiger partial charge in [0, 0.05) is 0 Å². The predicted octanol–water partition coefficient (Wildman–Crippen LogP) is 2.21. The van der Waals surface area contributed by atoms with Gasteiger partial charge in [0.1, 0.15) is 11.8 Å². The zero-order valence-corrected chi connectivity index (χ0v) is 10.0. The number of carboxylic acid groups (broad SMARTS) is 1. The second-order valence-electron chi connectivity index (χ2n) is 4.48. The summed E-state index contributed by atoms with van der Waals surface area (Å²) in [6.45, 7) is 4.57. The van der Waals surface area contributed by atoms with E-state index in [1.807, 2.05) is 27.0 Å². The highest BCUT2D eigenvalue weighted by atomic mass is 16.4. The molecule has 16 heavy (non-hydrogen) atoms. The van der Waals surface area contributed by atoms with Gasteiger partial charge in [-0.2, -0.15) is 0 Å². The number of likely N-dealkylation sites (N-methyl/N-ethyl adjacent to an activating group) is 1. The first-order valence-corrected chi connectivity index (χ1v) is 5.46. The Hall–Kier alpha value is -1.29. The van der Waals surface area contributed by atoms with Crippen molar-refractivity contribution in [2.24, 2.45) is 5.92 Å². The lowest BCUT2D eigenvalue weighted by atomic mass is 10.0. The van der Waals surface area contributed by atoms with E-state index in [-0.39, 0.29) is 0 Å². The van der Waals surface area contributed by atoms with Gasteiger partial charge >= 0.3 is 5.97 Å². The van der Waals surface area contributed by atoms with Crippen molar-refractivity contribution in [1.29, 1.82) is 0 Å². The van der Waals surface area contributed by atoms with Gasteiger partial charge in [-0.15, -0.1) is 0 Å². The third kappa shape index (κ3) is 3.70. The first-order chi connectivity index (χ1) is 7.50. The van der Waals surface area contributed by atoms with Crippen molar-refractivity contribution >= 4 is 5.97 Å². The molecule has 0 aliphatic carbocycles. The van der Waals surface area contributed by atoms with E-state index in [2.05, 4.69) is 0 Å². The van der Waals surface area contributed by atoms with Crippen LogP contribution in [-0.4, -0.2) is 29.1 Å². The number of nitrogens with zero attached hydrogens (tertiary/aromatic N) is 1. The lowest BCUT2D eigenvalue weighted by molar-refractivity contribution is -0.143. The molecule has 4 heteroatoms. The lowest BCUT2D eigenvalue weighted by Gasteiger charge is -2.24. The molecule has 0 aliphatic rings. The monoisotopic (exact) mass is 225 g/mol. The largest absolute Gasteiger partial charge is 0.480 e. The predicted molar refractivity (Wildman–Crippen MR) is 61.1 cm³/mol. The molecule has 0 bridgehead atoms. The summed E-state index contributed by atoms with van der Waals surface area (Å²) in [4.78, 5) is 12.9. The fourth-order valence-electron chi connectivity index (χ4n) is 1.67. The van der Waals surface area contributed by atoms with Gasteiger partial charge in [0.05, 0.1) is 12.8 Å². The second kappa shape index (κ2) is 5.70. The maximum atomic E-state index is 11.1. The van der Waals surface area contributed by atoms with Crippen molar-refractivity contribution in [3.05, 3.63) is 24.2 Å². The first kappa shape index (κ1) is 12.8. The molecule has 4 nitrogen and oxygen atoms in total. The minimum Gasteiger partial charge on any atom is -0.480 e. The van der Waals surface area contributed by atoms with Gasteiger partial charge in [-0.3, -0.25) is 9.69 Å². The molecule has 90 valence electrons. The molecule has 1 aromatic heterocycles. The molecule has 0 aliphatic heterocycles. The molecular weight excluding hydrogens is 206 g/mol. The van der Waals surface area contributed by atoms with E-state index >= 15 is 0 Å². The highest BCUT2D eigenvalue weighted by molar-refractivity contribution is 5.73. The number of furan rings is 1. The van der Waals surface area contributed by atoms with E-state index in [0.29, 0.717) is 18.9 Å². The maximum Gasteiger partial charge on any atom is 0.320 e. The molecule has 1 unspecified atom stereocenters. The van der Waals surface area contributed by atoms with Crippen LogP contribution in [0.5, 0.6) is 0 Å². The zero-order valence-electron chi connectivity index (χ0n) is 10.0. The minimum absolute atomic E-state index is 0.361. The quantitative estimate of drug-likeness (QED) is 0.806. The van der Waals surface area contributed by atoms with E-state index in [1.165, 1.54) is 0 Å². The molecule has 0 aromatic carbocycles. The van der Waals surface area contributed by atoms with Crippen LogP contribution in [0.4, 0.5) is 0 Å². The summed E-state index contributed by atoms with van der Waals surface area (Å²) in [6.07, 6.45) is 2.24. The Kier molecular flexibility index (Phi) is 4.55. The van der Waals surface area contributed by atoms with Crippen LogP contribution in [0.3, 0.4) is 0 Å². The average Bonchev–Trinajstić information content (AvgIpc) is 2.65. The van der Waals surface area contributed by atoms with Crippen molar-refractivity contribution < 1.29 is 14.3 Å². The number of hydrogen-bond donors (Lipinski definition) is 1. The zero-order chi connectivity index (χ0) is 12.1. The topological polar surface area (TPSA) is 53.7 Å². The molecule has 1 aromatic rings. The molecule has 1 rings (SSSR count). The van der Waals surface area contributed by atoms with E-state index in [1.54, 1.807) is 17.2 Å². The van der Waals surface area contributed by atoms with Crippen LogP contribution >= 0.6 is 0 Å². The smallest absolute Gasteiger partial charge is 0.320 e. The number of carbonyl (C=O) groups is 1. The van der Waals surface area contributed by atoms with Crippen LogP contribution in [0.1, 0.15) is 26.0 Å². The standard InChI is InChI=1S/C12H19NO3/c1-9(2)7-11(12(14)15)13(3)8-10-5-4-6-16-10/h4-6,9,11H,7-8H2,1-3H3,(H,14,15). The molecule has 0 amide bonds. The summed E-state index contributed by atoms with van der Waals surface area (Å²) >= 11 is 0. The summed E-state index contributed by atoms with van der Waals surface area (Å²) in [6, 6.07) is 3.21. The van der Waals surface area contributed by atoms with Crippen LogP contribution < -0.4 is 0 Å². The summed E-state index contributed by atoms with van der Waals surface area (Å²) in [5.74, 6) is 0.375. The van der Waals surface area contributed by atoms with Gasteiger partial charge in [-0.1, -0.05) is 13.8 Å². The van der Waals surface area contributed by atoms with Crippen molar-refractivity contribution in [3.8, 4) is 0 Å². The molecule has 0 spiro atoms. The fourth-order valence-corrected chi connectivity index (χ4v) is 1.67. The van der Waals surface area contributed by atoms with Crippen LogP contribution in [0.25, 0.3) is 0 Å². The first-order valence-electron chi connectivity index (χ1n) is 5.46. The number of carboxylic acids is 1. The maximum absolute atomic E-state index is 11.1. The van der Waals surface area contributed by atoms with Crippen molar-refractivity contribution in [2.75, 3.05) is 7.05 Å². The normalized spacial score (nSPS) is 13.3. The van der Waals surface area contributed by atoms with Gasteiger partial charge in [-0.25, -0.2) is 0 Å². The van der Waals surface area contributed by atoms with Crippen LogP contribution in [0.15, 0.2) is 22.8 Å². The van der Waals surface area contributed by atoms with Crippen LogP contribution in [0.2, 0.25) is 0 Å². The molecule has 1 heterocycles. The Balaban J connectivity index is 2.60. The number of hydrogen-bond acceptors (Lipinski definition) is 3. The molecule has 0 radical (unpaired) electrons. The molecular formula is C12H19NO3. The highest BCUT2D eigenvalue weighted by Crippen LogP contribution is 2.14. The third-order valence-electron chi connectivity index (χ3n) is 2.50. The van der Waals surface area contributed by atoms with Gasteiger partial charge in [0.25, 0.3) is 0 Å². The Morgan fingerprint density at radius 1 is 1.56 bits per heavy atom.